The molecule has 132 valence electrons. The summed E-state index contributed by atoms with van der Waals surface area (Å²) in [6.07, 6.45) is 11.3. The lowest BCUT2D eigenvalue weighted by atomic mass is 9.97. The number of rotatable bonds is 6. The maximum Gasteiger partial charge on any atom is 0.252 e. The van der Waals surface area contributed by atoms with E-state index in [1.165, 1.54) is 18.4 Å². The molecular weight excluding hydrogens is 324 g/mol. The lowest BCUT2D eigenvalue weighted by molar-refractivity contribution is 0.0953. The summed E-state index contributed by atoms with van der Waals surface area (Å²) >= 11 is 0. The molecule has 2 N–H and O–H groups in total. The standard InChI is InChI=1S/C21H22N4O/c22-13-17-7-4-8-19(11-17)25-20-12-18(14-23-15-20)21(26)24-10-9-16-5-2-1-3-6-16/h4-5,7-8,11-12,14-15,25H,1-3,6,9-10H2,(H,24,26). The molecule has 0 bridgehead atoms. The number of amides is 1. The molecule has 0 aliphatic heterocycles. The zero-order chi connectivity index (χ0) is 18.2. The Morgan fingerprint density at radius 3 is 2.92 bits per heavy atom. The van der Waals surface area contributed by atoms with Crippen molar-refractivity contribution in [3.63, 3.8) is 0 Å². The van der Waals surface area contributed by atoms with E-state index >= 15 is 0 Å². The molecule has 26 heavy (non-hydrogen) atoms. The zero-order valence-corrected chi connectivity index (χ0v) is 14.7. The summed E-state index contributed by atoms with van der Waals surface area (Å²) in [4.78, 5) is 16.5. The van der Waals surface area contributed by atoms with E-state index in [-0.39, 0.29) is 5.91 Å². The molecule has 1 heterocycles. The van der Waals surface area contributed by atoms with Gasteiger partial charge in [-0.3, -0.25) is 9.78 Å². The number of nitrogens with zero attached hydrogens (tertiary/aromatic N) is 2. The molecular formula is C21H22N4O. The lowest BCUT2D eigenvalue weighted by Gasteiger charge is -2.13. The molecule has 0 atom stereocenters. The van der Waals surface area contributed by atoms with Crippen LogP contribution >= 0.6 is 0 Å². The first-order valence-corrected chi connectivity index (χ1v) is 8.93. The van der Waals surface area contributed by atoms with Gasteiger partial charge < -0.3 is 10.6 Å². The van der Waals surface area contributed by atoms with Gasteiger partial charge in [0.1, 0.15) is 0 Å². The van der Waals surface area contributed by atoms with E-state index in [4.69, 9.17) is 5.26 Å². The average Bonchev–Trinajstić information content (AvgIpc) is 2.69. The number of benzene rings is 1. The van der Waals surface area contributed by atoms with Gasteiger partial charge in [-0.1, -0.05) is 17.7 Å². The molecule has 1 aromatic heterocycles. The van der Waals surface area contributed by atoms with E-state index in [0.29, 0.717) is 23.4 Å². The van der Waals surface area contributed by atoms with E-state index in [9.17, 15) is 4.79 Å². The summed E-state index contributed by atoms with van der Waals surface area (Å²) in [5, 5.41) is 15.1. The fraction of sp³-hybridized carbons (Fsp3) is 0.286. The first kappa shape index (κ1) is 17.7. The van der Waals surface area contributed by atoms with Crippen LogP contribution in [0, 0.1) is 11.3 Å². The highest BCUT2D eigenvalue weighted by atomic mass is 16.1. The van der Waals surface area contributed by atoms with E-state index in [2.05, 4.69) is 27.8 Å². The first-order valence-electron chi connectivity index (χ1n) is 8.93. The van der Waals surface area contributed by atoms with Crippen LogP contribution in [0.4, 0.5) is 11.4 Å². The van der Waals surface area contributed by atoms with Crippen LogP contribution in [0.3, 0.4) is 0 Å². The van der Waals surface area contributed by atoms with Crippen molar-refractivity contribution in [3.8, 4) is 6.07 Å². The van der Waals surface area contributed by atoms with Crippen molar-refractivity contribution in [3.05, 3.63) is 65.5 Å². The Hall–Kier alpha value is -3.13. The molecule has 5 heteroatoms. The Balaban J connectivity index is 1.58. The van der Waals surface area contributed by atoms with E-state index < -0.39 is 0 Å². The molecule has 0 saturated carbocycles. The third kappa shape index (κ3) is 4.93. The lowest BCUT2D eigenvalue weighted by Crippen LogP contribution is -2.25. The SMILES string of the molecule is N#Cc1cccc(Nc2cncc(C(=O)NCCC3=CCCCC3)c2)c1. The van der Waals surface area contributed by atoms with Crippen LogP contribution in [0.1, 0.15) is 48.0 Å². The Morgan fingerprint density at radius 1 is 1.19 bits per heavy atom. The van der Waals surface area contributed by atoms with E-state index in [1.54, 1.807) is 30.6 Å². The number of carbonyl (C=O) groups is 1. The second-order valence-corrected chi connectivity index (χ2v) is 6.39. The molecule has 0 fully saturated rings. The largest absolute Gasteiger partial charge is 0.354 e. The smallest absolute Gasteiger partial charge is 0.252 e. The van der Waals surface area contributed by atoms with Gasteiger partial charge in [0.2, 0.25) is 0 Å². The maximum absolute atomic E-state index is 12.4. The zero-order valence-electron chi connectivity index (χ0n) is 14.7. The molecule has 0 spiro atoms. The van der Waals surface area contributed by atoms with Crippen molar-refractivity contribution >= 4 is 17.3 Å². The van der Waals surface area contributed by atoms with Crippen LogP contribution in [0.5, 0.6) is 0 Å². The minimum absolute atomic E-state index is 0.122. The van der Waals surface area contributed by atoms with Crippen LogP contribution in [-0.2, 0) is 0 Å². The summed E-state index contributed by atoms with van der Waals surface area (Å²) in [5.74, 6) is -0.122. The van der Waals surface area contributed by atoms with Gasteiger partial charge >= 0.3 is 0 Å². The molecule has 1 aliphatic carbocycles. The minimum atomic E-state index is -0.122. The Bertz CT molecular complexity index is 851. The molecule has 3 rings (SSSR count). The third-order valence-electron chi connectivity index (χ3n) is 4.40. The van der Waals surface area contributed by atoms with E-state index in [0.717, 1.165) is 24.9 Å². The van der Waals surface area contributed by atoms with Crippen molar-refractivity contribution in [2.24, 2.45) is 0 Å². The quantitative estimate of drug-likeness (QED) is 0.764. The summed E-state index contributed by atoms with van der Waals surface area (Å²) in [5.41, 5.74) is 4.04. The summed E-state index contributed by atoms with van der Waals surface area (Å²) in [7, 11) is 0. The summed E-state index contributed by atoms with van der Waals surface area (Å²) < 4.78 is 0. The summed E-state index contributed by atoms with van der Waals surface area (Å²) in [6.45, 7) is 0.645. The monoisotopic (exact) mass is 346 g/mol. The third-order valence-corrected chi connectivity index (χ3v) is 4.40. The van der Waals surface area contributed by atoms with Gasteiger partial charge in [0, 0.05) is 18.4 Å². The first-order chi connectivity index (χ1) is 12.7. The highest BCUT2D eigenvalue weighted by Gasteiger charge is 2.08. The molecule has 2 aromatic rings. The predicted octanol–water partition coefficient (Wildman–Crippen LogP) is 4.32. The Labute approximate surface area is 153 Å². The molecule has 0 unspecified atom stereocenters. The molecule has 0 radical (unpaired) electrons. The molecule has 1 aliphatic rings. The number of allylic oxidation sites excluding steroid dienone is 1. The molecule has 0 saturated heterocycles. The van der Waals surface area contributed by atoms with Gasteiger partial charge in [-0.15, -0.1) is 0 Å². The fourth-order valence-corrected chi connectivity index (χ4v) is 3.04. The van der Waals surface area contributed by atoms with Crippen molar-refractivity contribution in [1.82, 2.24) is 10.3 Å². The number of nitriles is 1. The number of anilines is 2. The number of hydrogen-bond acceptors (Lipinski definition) is 4. The van der Waals surface area contributed by atoms with Crippen molar-refractivity contribution in [2.45, 2.75) is 32.1 Å². The van der Waals surface area contributed by atoms with Crippen LogP contribution in [0.25, 0.3) is 0 Å². The number of carbonyl (C=O) groups excluding carboxylic acids is 1. The van der Waals surface area contributed by atoms with Gasteiger partial charge in [-0.05, 0) is 56.4 Å². The average molecular weight is 346 g/mol. The van der Waals surface area contributed by atoms with Gasteiger partial charge in [0.15, 0.2) is 0 Å². The highest BCUT2D eigenvalue weighted by Crippen LogP contribution is 2.20. The molecule has 1 amide bonds. The van der Waals surface area contributed by atoms with Crippen molar-refractivity contribution < 1.29 is 4.79 Å². The fourth-order valence-electron chi connectivity index (χ4n) is 3.04. The van der Waals surface area contributed by atoms with Crippen LogP contribution in [-0.4, -0.2) is 17.4 Å². The van der Waals surface area contributed by atoms with Gasteiger partial charge in [0.05, 0.1) is 29.1 Å². The molecule has 1 aromatic carbocycles. The van der Waals surface area contributed by atoms with Crippen LogP contribution in [0.15, 0.2) is 54.4 Å². The van der Waals surface area contributed by atoms with Gasteiger partial charge in [-0.2, -0.15) is 5.26 Å². The summed E-state index contributed by atoms with van der Waals surface area (Å²) in [6, 6.07) is 11.1. The number of hydrogen-bond donors (Lipinski definition) is 2. The van der Waals surface area contributed by atoms with Gasteiger partial charge in [-0.25, -0.2) is 0 Å². The Morgan fingerprint density at radius 2 is 2.12 bits per heavy atom. The minimum Gasteiger partial charge on any atom is -0.354 e. The van der Waals surface area contributed by atoms with Gasteiger partial charge in [0.25, 0.3) is 5.91 Å². The van der Waals surface area contributed by atoms with Crippen molar-refractivity contribution in [2.75, 3.05) is 11.9 Å². The number of nitrogens with one attached hydrogen (secondary N) is 2. The second kappa shape index (κ2) is 8.82. The Kier molecular flexibility index (Phi) is 6.00. The normalized spacial score (nSPS) is 13.4. The molecule has 5 nitrogen and oxygen atoms in total. The second-order valence-electron chi connectivity index (χ2n) is 6.39. The number of aromatic nitrogens is 1. The predicted molar refractivity (Wildman–Crippen MR) is 102 cm³/mol. The highest BCUT2D eigenvalue weighted by molar-refractivity contribution is 5.94. The topological polar surface area (TPSA) is 77.8 Å². The van der Waals surface area contributed by atoms with Crippen LogP contribution < -0.4 is 10.6 Å². The van der Waals surface area contributed by atoms with E-state index in [1.807, 2.05) is 12.1 Å². The number of pyridine rings is 1. The van der Waals surface area contributed by atoms with Crippen LogP contribution in [0.2, 0.25) is 0 Å². The maximum atomic E-state index is 12.4. The van der Waals surface area contributed by atoms with Crippen molar-refractivity contribution in [1.29, 1.82) is 5.26 Å².